The summed E-state index contributed by atoms with van der Waals surface area (Å²) in [7, 11) is 1.58. The lowest BCUT2D eigenvalue weighted by molar-refractivity contribution is 0.0155. The van der Waals surface area contributed by atoms with Gasteiger partial charge in [0.2, 0.25) is 0 Å². The number of methoxy groups -OCH3 is 1. The van der Waals surface area contributed by atoms with Crippen molar-refractivity contribution in [3.63, 3.8) is 0 Å². The van der Waals surface area contributed by atoms with Crippen LogP contribution >= 0.6 is 27.7 Å². The van der Waals surface area contributed by atoms with E-state index in [1.807, 2.05) is 24.3 Å². The summed E-state index contributed by atoms with van der Waals surface area (Å²) in [5, 5.41) is 3.84. The number of amidine groups is 1. The maximum Gasteiger partial charge on any atom is 0.255 e. The highest BCUT2D eigenvalue weighted by Gasteiger charge is 2.54. The van der Waals surface area contributed by atoms with Crippen LogP contribution in [-0.2, 0) is 5.54 Å². The second-order valence-corrected chi connectivity index (χ2v) is 10.2. The van der Waals surface area contributed by atoms with Gasteiger partial charge in [-0.05, 0) is 49.6 Å². The molecule has 8 heteroatoms. The number of aliphatic imine (C=N–C) groups is 1. The summed E-state index contributed by atoms with van der Waals surface area (Å²) in [5.74, 6) is 2.28. The molecule has 3 aliphatic rings. The summed E-state index contributed by atoms with van der Waals surface area (Å²) in [6, 6.07) is 13.5. The van der Waals surface area contributed by atoms with Crippen molar-refractivity contribution in [1.82, 2.24) is 5.32 Å². The number of carbonyl (C=O) groups is 1. The fraction of sp³-hybridized carbons (Fsp3) is 0.391. The van der Waals surface area contributed by atoms with Crippen molar-refractivity contribution >= 4 is 38.8 Å². The Bertz CT molecular complexity index is 1060. The van der Waals surface area contributed by atoms with E-state index in [0.717, 1.165) is 40.8 Å². The van der Waals surface area contributed by atoms with Crippen LogP contribution in [0.1, 0.15) is 35.2 Å². The number of halogens is 1. The van der Waals surface area contributed by atoms with Gasteiger partial charge in [0.15, 0.2) is 5.17 Å². The zero-order valence-corrected chi connectivity index (χ0v) is 19.5. The van der Waals surface area contributed by atoms with Gasteiger partial charge < -0.3 is 20.5 Å². The zero-order chi connectivity index (χ0) is 21.6. The van der Waals surface area contributed by atoms with Crippen molar-refractivity contribution in [2.24, 2.45) is 16.6 Å². The number of fused-ring (bicyclic) bond motifs is 4. The number of carbonyl (C=O) groups excluding carboxylic acids is 1. The molecule has 162 valence electrons. The van der Waals surface area contributed by atoms with Crippen molar-refractivity contribution in [2.75, 3.05) is 12.9 Å². The van der Waals surface area contributed by atoms with Gasteiger partial charge in [-0.15, -0.1) is 0 Å². The Morgan fingerprint density at radius 1 is 1.32 bits per heavy atom. The molecule has 6 nitrogen and oxygen atoms in total. The minimum atomic E-state index is -0.426. The summed E-state index contributed by atoms with van der Waals surface area (Å²) in [6.07, 6.45) is 2.56. The van der Waals surface area contributed by atoms with Gasteiger partial charge in [-0.25, -0.2) is 4.99 Å². The normalized spacial score (nSPS) is 28.8. The average molecular weight is 502 g/mol. The van der Waals surface area contributed by atoms with Crippen LogP contribution in [-0.4, -0.2) is 36.1 Å². The number of thioether (sulfide) groups is 1. The molecule has 0 aromatic heterocycles. The maximum absolute atomic E-state index is 13.0. The molecule has 2 heterocycles. The third-order valence-corrected chi connectivity index (χ3v) is 7.99. The molecule has 0 radical (unpaired) electrons. The van der Waals surface area contributed by atoms with Crippen LogP contribution in [0.3, 0.4) is 0 Å². The van der Waals surface area contributed by atoms with Crippen molar-refractivity contribution in [3.05, 3.63) is 58.1 Å². The highest BCUT2D eigenvalue weighted by atomic mass is 79.9. The second-order valence-electron chi connectivity index (χ2n) is 8.25. The molecule has 4 unspecified atom stereocenters. The van der Waals surface area contributed by atoms with Crippen molar-refractivity contribution < 1.29 is 14.3 Å². The second kappa shape index (κ2) is 8.06. The van der Waals surface area contributed by atoms with Crippen LogP contribution < -0.4 is 20.5 Å². The SMILES string of the molecule is COc1ccccc1C(=O)NC1CCC2Oc3ccc(Br)cc3C3(CSC(N)=N3)C2C1. The Morgan fingerprint density at radius 3 is 2.94 bits per heavy atom. The number of nitrogens with one attached hydrogen (secondary N) is 1. The Balaban J connectivity index is 1.43. The number of amides is 1. The third kappa shape index (κ3) is 3.59. The molecular formula is C23H24BrN3O3S. The fourth-order valence-electron chi connectivity index (χ4n) is 5.09. The molecule has 0 saturated heterocycles. The predicted molar refractivity (Wildman–Crippen MR) is 126 cm³/mol. The number of rotatable bonds is 3. The van der Waals surface area contributed by atoms with Crippen LogP contribution in [0, 0.1) is 5.92 Å². The van der Waals surface area contributed by atoms with E-state index < -0.39 is 5.54 Å². The van der Waals surface area contributed by atoms with Gasteiger partial charge in [0, 0.05) is 27.7 Å². The lowest BCUT2D eigenvalue weighted by atomic mass is 9.67. The topological polar surface area (TPSA) is 85.9 Å². The van der Waals surface area contributed by atoms with E-state index in [0.29, 0.717) is 16.5 Å². The molecule has 3 N–H and O–H groups in total. The molecule has 1 amide bonds. The summed E-state index contributed by atoms with van der Waals surface area (Å²) in [5.41, 5.74) is 7.36. The molecule has 0 bridgehead atoms. The first-order valence-electron chi connectivity index (χ1n) is 10.4. The lowest BCUT2D eigenvalue weighted by Crippen LogP contribution is -2.54. The van der Waals surface area contributed by atoms with E-state index in [-0.39, 0.29) is 24.0 Å². The van der Waals surface area contributed by atoms with E-state index in [1.54, 1.807) is 31.0 Å². The largest absolute Gasteiger partial charge is 0.496 e. The molecule has 2 aliphatic heterocycles. The summed E-state index contributed by atoms with van der Waals surface area (Å²) in [4.78, 5) is 17.9. The van der Waals surface area contributed by atoms with Gasteiger partial charge in [0.1, 0.15) is 23.1 Å². The molecular weight excluding hydrogens is 478 g/mol. The Kier molecular flexibility index (Phi) is 5.38. The van der Waals surface area contributed by atoms with Crippen LogP contribution in [0.2, 0.25) is 0 Å². The van der Waals surface area contributed by atoms with Crippen molar-refractivity contribution in [2.45, 2.75) is 36.9 Å². The predicted octanol–water partition coefficient (Wildman–Crippen LogP) is 4.07. The Hall–Kier alpha value is -2.19. The molecule has 4 atom stereocenters. The van der Waals surface area contributed by atoms with Gasteiger partial charge in [-0.3, -0.25) is 4.79 Å². The Labute approximate surface area is 194 Å². The van der Waals surface area contributed by atoms with Gasteiger partial charge in [-0.2, -0.15) is 0 Å². The number of benzene rings is 2. The molecule has 2 aromatic carbocycles. The molecule has 1 aliphatic carbocycles. The smallest absolute Gasteiger partial charge is 0.255 e. The number of hydrogen-bond acceptors (Lipinski definition) is 6. The zero-order valence-electron chi connectivity index (χ0n) is 17.1. The number of hydrogen-bond donors (Lipinski definition) is 2. The first-order chi connectivity index (χ1) is 15.0. The van der Waals surface area contributed by atoms with Crippen LogP contribution in [0.5, 0.6) is 11.5 Å². The van der Waals surface area contributed by atoms with Crippen molar-refractivity contribution in [3.8, 4) is 11.5 Å². The molecule has 31 heavy (non-hydrogen) atoms. The number of nitrogens with two attached hydrogens (primary N) is 1. The summed E-state index contributed by atoms with van der Waals surface area (Å²) < 4.78 is 12.8. The highest BCUT2D eigenvalue weighted by molar-refractivity contribution is 9.10. The van der Waals surface area contributed by atoms with Crippen LogP contribution in [0.25, 0.3) is 0 Å². The van der Waals surface area contributed by atoms with E-state index >= 15 is 0 Å². The minimum absolute atomic E-state index is 0.0369. The number of para-hydroxylation sites is 1. The lowest BCUT2D eigenvalue weighted by Gasteiger charge is -2.48. The first kappa shape index (κ1) is 20.7. The quantitative estimate of drug-likeness (QED) is 0.661. The minimum Gasteiger partial charge on any atom is -0.496 e. The third-order valence-electron chi connectivity index (χ3n) is 6.52. The number of nitrogens with zero attached hydrogens (tertiary/aromatic N) is 1. The van der Waals surface area contributed by atoms with Crippen molar-refractivity contribution in [1.29, 1.82) is 0 Å². The number of ether oxygens (including phenoxy) is 2. The van der Waals surface area contributed by atoms with Crippen LogP contribution in [0.4, 0.5) is 0 Å². The van der Waals surface area contributed by atoms with E-state index in [4.69, 9.17) is 20.2 Å². The molecule has 5 rings (SSSR count). The van der Waals surface area contributed by atoms with E-state index in [9.17, 15) is 4.79 Å². The van der Waals surface area contributed by atoms with Gasteiger partial charge in [-0.1, -0.05) is 39.8 Å². The van der Waals surface area contributed by atoms with Gasteiger partial charge in [0.05, 0.1) is 12.7 Å². The van der Waals surface area contributed by atoms with E-state index in [1.165, 1.54) is 0 Å². The molecule has 1 spiro atoms. The van der Waals surface area contributed by atoms with Gasteiger partial charge in [0.25, 0.3) is 5.91 Å². The Morgan fingerprint density at radius 2 is 2.16 bits per heavy atom. The molecule has 2 aromatic rings. The van der Waals surface area contributed by atoms with E-state index in [2.05, 4.69) is 27.3 Å². The standard InChI is InChI=1S/C23H24BrN3O3S/c1-29-18-5-3-2-4-15(18)21(28)26-14-7-9-20-17(11-14)23(12-31-22(25)27-23)16-10-13(24)6-8-19(16)30-20/h2-6,8,10,14,17,20H,7,9,11-12H2,1H3,(H2,25,27)(H,26,28). The summed E-state index contributed by atoms with van der Waals surface area (Å²) >= 11 is 5.19. The fourth-order valence-corrected chi connectivity index (χ4v) is 6.48. The van der Waals surface area contributed by atoms with Gasteiger partial charge >= 0.3 is 0 Å². The summed E-state index contributed by atoms with van der Waals surface area (Å²) in [6.45, 7) is 0. The monoisotopic (exact) mass is 501 g/mol. The first-order valence-corrected chi connectivity index (χ1v) is 12.2. The highest BCUT2D eigenvalue weighted by Crippen LogP contribution is 2.54. The average Bonchev–Trinajstić information content (AvgIpc) is 3.17. The molecule has 1 fully saturated rings. The molecule has 1 saturated carbocycles. The van der Waals surface area contributed by atoms with Crippen LogP contribution in [0.15, 0.2) is 51.9 Å². The maximum atomic E-state index is 13.0.